The molecule has 0 bridgehead atoms. The number of nitrogens with zero attached hydrogens (tertiary/aromatic N) is 1. The van der Waals surface area contributed by atoms with E-state index in [0.717, 1.165) is 0 Å². The van der Waals surface area contributed by atoms with Crippen LogP contribution >= 0.6 is 0 Å². The van der Waals surface area contributed by atoms with Crippen LogP contribution < -0.4 is 0 Å². The summed E-state index contributed by atoms with van der Waals surface area (Å²) in [7, 11) is 0. The lowest BCUT2D eigenvalue weighted by atomic mass is 9.80. The number of aromatic nitrogens is 1. The first kappa shape index (κ1) is 27.7. The summed E-state index contributed by atoms with van der Waals surface area (Å²) in [6.07, 6.45) is 0. The van der Waals surface area contributed by atoms with Gasteiger partial charge in [-0.1, -0.05) is 141 Å². The third-order valence-corrected chi connectivity index (χ3v) is 11.5. The van der Waals surface area contributed by atoms with Crippen molar-refractivity contribution in [1.29, 1.82) is 0 Å². The van der Waals surface area contributed by atoms with Crippen molar-refractivity contribution in [2.75, 3.05) is 0 Å². The Bertz CT molecular complexity index is 2980. The average molecular weight is 636 g/mol. The number of hydrogen-bond acceptors (Lipinski definition) is 0. The Balaban J connectivity index is 1.05. The Labute approximate surface area is 291 Å². The molecule has 1 aliphatic carbocycles. The molecule has 1 nitrogen and oxygen atoms in total. The highest BCUT2D eigenvalue weighted by molar-refractivity contribution is 6.28. The van der Waals surface area contributed by atoms with Gasteiger partial charge in [0.15, 0.2) is 0 Å². The van der Waals surface area contributed by atoms with Crippen LogP contribution in [0.2, 0.25) is 0 Å². The summed E-state index contributed by atoms with van der Waals surface area (Å²) in [6.45, 7) is 4.75. The van der Waals surface area contributed by atoms with Crippen LogP contribution in [0.25, 0.3) is 93.2 Å². The van der Waals surface area contributed by atoms with E-state index >= 15 is 0 Å². The molecule has 1 heterocycles. The number of benzene rings is 9. The molecule has 0 amide bonds. The van der Waals surface area contributed by atoms with Crippen molar-refractivity contribution in [3.8, 4) is 39.1 Å². The molecule has 50 heavy (non-hydrogen) atoms. The maximum absolute atomic E-state index is 2.46. The van der Waals surface area contributed by atoms with Gasteiger partial charge in [-0.25, -0.2) is 0 Å². The summed E-state index contributed by atoms with van der Waals surface area (Å²) >= 11 is 0. The lowest BCUT2D eigenvalue weighted by Crippen LogP contribution is -2.14. The molecule has 1 heteroatoms. The summed E-state index contributed by atoms with van der Waals surface area (Å²) in [6, 6.07) is 61.0. The van der Waals surface area contributed by atoms with Gasteiger partial charge in [-0.15, -0.1) is 0 Å². The Hall–Kier alpha value is -6.18. The molecule has 1 aromatic heterocycles. The van der Waals surface area contributed by atoms with E-state index in [1.165, 1.54) is 104 Å². The van der Waals surface area contributed by atoms with Crippen LogP contribution in [0.3, 0.4) is 0 Å². The molecule has 0 N–H and O–H groups in total. The average Bonchev–Trinajstić information content (AvgIpc) is 3.62. The van der Waals surface area contributed by atoms with Gasteiger partial charge in [0.25, 0.3) is 0 Å². The zero-order valence-electron chi connectivity index (χ0n) is 28.0. The smallest absolute Gasteiger partial charge is 0.0541 e. The Morgan fingerprint density at radius 2 is 1.06 bits per heavy atom. The van der Waals surface area contributed by atoms with Gasteiger partial charge >= 0.3 is 0 Å². The number of rotatable bonds is 3. The van der Waals surface area contributed by atoms with Crippen molar-refractivity contribution < 1.29 is 0 Å². The summed E-state index contributed by atoms with van der Waals surface area (Å²) in [5.41, 5.74) is 14.2. The molecule has 0 atom stereocenters. The molecule has 0 spiro atoms. The van der Waals surface area contributed by atoms with E-state index in [1.54, 1.807) is 0 Å². The minimum absolute atomic E-state index is 0.0211. The minimum atomic E-state index is -0.0211. The van der Waals surface area contributed by atoms with Crippen LogP contribution in [-0.2, 0) is 5.41 Å². The largest absolute Gasteiger partial charge is 0.309 e. The summed E-state index contributed by atoms with van der Waals surface area (Å²) in [5, 5.41) is 10.6. The molecular weight excluding hydrogens is 603 g/mol. The van der Waals surface area contributed by atoms with Gasteiger partial charge in [-0.3, -0.25) is 0 Å². The molecule has 11 rings (SSSR count). The second-order valence-electron chi connectivity index (χ2n) is 14.5. The molecule has 1 aliphatic rings. The molecule has 234 valence electrons. The topological polar surface area (TPSA) is 4.93 Å². The molecule has 0 aliphatic heterocycles. The second kappa shape index (κ2) is 9.94. The van der Waals surface area contributed by atoms with E-state index in [1.807, 2.05) is 0 Å². The molecule has 0 unspecified atom stereocenters. The Kier molecular flexibility index (Phi) is 5.51. The van der Waals surface area contributed by atoms with E-state index in [9.17, 15) is 0 Å². The fourth-order valence-electron chi connectivity index (χ4n) is 9.15. The third kappa shape index (κ3) is 3.67. The van der Waals surface area contributed by atoms with Crippen LogP contribution in [0.5, 0.6) is 0 Å². The maximum atomic E-state index is 2.46. The van der Waals surface area contributed by atoms with Crippen LogP contribution in [0.1, 0.15) is 25.0 Å². The predicted octanol–water partition coefficient (Wildman–Crippen LogP) is 13.3. The SMILES string of the molecule is CC1(C)c2ccccc2-c2c1cc1ccc3c(-c4ccc(-c5ccc6c(c5)c5ccccc5n6-c5ccccc5)cc4)ccc4ccc2c1c43. The van der Waals surface area contributed by atoms with Gasteiger partial charge in [-0.2, -0.15) is 0 Å². The molecule has 0 saturated carbocycles. The van der Waals surface area contributed by atoms with Crippen molar-refractivity contribution in [2.45, 2.75) is 19.3 Å². The standard InChI is InChI=1S/C49H33N/c1-49(2)42-14-8-6-13-39(42)48-40-26-21-32-20-24-36(38-25-22-34(29-43(48)49)47(40)46(32)38)31-18-16-30(17-19-31)33-23-27-45-41(28-33)37-12-7-9-15-44(37)50(45)35-10-4-3-5-11-35/h3-29H,1-2H3. The summed E-state index contributed by atoms with van der Waals surface area (Å²) in [4.78, 5) is 0. The first-order chi connectivity index (χ1) is 24.6. The first-order valence-electron chi connectivity index (χ1n) is 17.6. The Morgan fingerprint density at radius 3 is 1.94 bits per heavy atom. The van der Waals surface area contributed by atoms with Crippen LogP contribution in [0.15, 0.2) is 164 Å². The summed E-state index contributed by atoms with van der Waals surface area (Å²) in [5.74, 6) is 0. The summed E-state index contributed by atoms with van der Waals surface area (Å²) < 4.78 is 2.37. The normalized spacial score (nSPS) is 13.6. The Morgan fingerprint density at radius 1 is 0.400 bits per heavy atom. The van der Waals surface area contributed by atoms with E-state index in [-0.39, 0.29) is 5.41 Å². The minimum Gasteiger partial charge on any atom is -0.309 e. The van der Waals surface area contributed by atoms with Gasteiger partial charge < -0.3 is 4.57 Å². The van der Waals surface area contributed by atoms with Crippen molar-refractivity contribution >= 4 is 54.1 Å². The molecule has 9 aromatic carbocycles. The fraction of sp³-hybridized carbons (Fsp3) is 0.0612. The quantitative estimate of drug-likeness (QED) is 0.170. The number of para-hydroxylation sites is 2. The highest BCUT2D eigenvalue weighted by Gasteiger charge is 2.36. The van der Waals surface area contributed by atoms with Gasteiger partial charge in [0, 0.05) is 21.9 Å². The lowest BCUT2D eigenvalue weighted by Gasteiger charge is -2.23. The first-order valence-corrected chi connectivity index (χ1v) is 17.6. The lowest BCUT2D eigenvalue weighted by molar-refractivity contribution is 0.661. The molecular formula is C49H33N. The van der Waals surface area contributed by atoms with Gasteiger partial charge in [-0.05, 0) is 113 Å². The van der Waals surface area contributed by atoms with Crippen LogP contribution in [0.4, 0.5) is 0 Å². The van der Waals surface area contributed by atoms with E-state index in [0.29, 0.717) is 0 Å². The zero-order chi connectivity index (χ0) is 33.1. The molecule has 0 fully saturated rings. The van der Waals surface area contributed by atoms with Gasteiger partial charge in [0.2, 0.25) is 0 Å². The zero-order valence-corrected chi connectivity index (χ0v) is 28.0. The second-order valence-corrected chi connectivity index (χ2v) is 14.5. The van der Waals surface area contributed by atoms with Crippen molar-refractivity contribution in [3.63, 3.8) is 0 Å². The highest BCUT2D eigenvalue weighted by Crippen LogP contribution is 2.54. The molecule has 0 radical (unpaired) electrons. The third-order valence-electron chi connectivity index (χ3n) is 11.5. The predicted molar refractivity (Wildman–Crippen MR) is 213 cm³/mol. The molecule has 10 aromatic rings. The number of fused-ring (bicyclic) bond motifs is 7. The van der Waals surface area contributed by atoms with E-state index in [2.05, 4.69) is 182 Å². The van der Waals surface area contributed by atoms with E-state index in [4.69, 9.17) is 0 Å². The van der Waals surface area contributed by atoms with Gasteiger partial charge in [0.1, 0.15) is 0 Å². The van der Waals surface area contributed by atoms with Crippen molar-refractivity contribution in [3.05, 3.63) is 175 Å². The monoisotopic (exact) mass is 635 g/mol. The fourth-order valence-corrected chi connectivity index (χ4v) is 9.15. The molecule has 0 saturated heterocycles. The maximum Gasteiger partial charge on any atom is 0.0541 e. The van der Waals surface area contributed by atoms with Crippen molar-refractivity contribution in [1.82, 2.24) is 4.57 Å². The van der Waals surface area contributed by atoms with Crippen LogP contribution in [-0.4, -0.2) is 4.57 Å². The van der Waals surface area contributed by atoms with Crippen LogP contribution in [0, 0.1) is 0 Å². The van der Waals surface area contributed by atoms with Crippen molar-refractivity contribution in [2.24, 2.45) is 0 Å². The van der Waals surface area contributed by atoms with Gasteiger partial charge in [0.05, 0.1) is 11.0 Å². The number of hydrogen-bond donors (Lipinski definition) is 0. The van der Waals surface area contributed by atoms with E-state index < -0.39 is 0 Å². The highest BCUT2D eigenvalue weighted by atomic mass is 15.0.